The van der Waals surface area contributed by atoms with E-state index in [1.807, 2.05) is 6.20 Å². The molecular weight excluding hydrogens is 1120 g/mol. The van der Waals surface area contributed by atoms with E-state index in [2.05, 4.69) is 360 Å². The van der Waals surface area contributed by atoms with Crippen LogP contribution in [0.25, 0.3) is 66.2 Å². The van der Waals surface area contributed by atoms with Gasteiger partial charge in [0.1, 0.15) is 17.3 Å². The van der Waals surface area contributed by atoms with Gasteiger partial charge in [-0.25, -0.2) is 4.98 Å². The van der Waals surface area contributed by atoms with Crippen LogP contribution in [0.5, 0.6) is 11.5 Å². The van der Waals surface area contributed by atoms with Crippen LogP contribution in [-0.4, -0.2) is 28.2 Å². The molecule has 91 heavy (non-hydrogen) atoms. The molecule has 0 radical (unpaired) electrons. The second-order valence-electron chi connectivity index (χ2n) is 27.5. The zero-order valence-corrected chi connectivity index (χ0v) is 54.2. The fraction of sp³-hybridized carbons (Fsp3) is 0.143. The third-order valence-electron chi connectivity index (χ3n) is 18.5. The standard InChI is InChI=1S/C84H73N5OSi/c1-82(2,3)58-46-47-85-80(52-58)89-77-45-43-69(91(66-30-13-10-14-31-66,67-32-15-11-16-33-67)68-34-17-12-18-35-68)55-74(77)73-44-42-65(54-79(73)89)90-64-29-24-27-61(53-64)86-56-87(63-50-59(83(4,5)6)49-60(51-63)84(7,8)9)81-70(38-25-41-78(81)86)57-26-23-28-62(48-57)88-75-39-21-19-36-71(75)72-37-20-22-40-76(72)88/h10-55H,1-9H3/q+2. The van der Waals surface area contributed by atoms with E-state index >= 15 is 0 Å². The van der Waals surface area contributed by atoms with Crippen LogP contribution in [0.4, 0.5) is 22.7 Å². The predicted octanol–water partition coefficient (Wildman–Crippen LogP) is 18.9. The Morgan fingerprint density at radius 3 is 1.56 bits per heavy atom. The molecule has 7 heteroatoms. The Morgan fingerprint density at radius 2 is 0.934 bits per heavy atom. The lowest BCUT2D eigenvalue weighted by molar-refractivity contribution is 0.483. The van der Waals surface area contributed by atoms with Gasteiger partial charge in [0.15, 0.2) is 8.07 Å². The highest BCUT2D eigenvalue weighted by atomic mass is 28.3. The van der Waals surface area contributed by atoms with E-state index in [-0.39, 0.29) is 16.2 Å². The average Bonchev–Trinajstić information content (AvgIpc) is 1.74. The van der Waals surface area contributed by atoms with Gasteiger partial charge >= 0.3 is 11.7 Å². The summed E-state index contributed by atoms with van der Waals surface area (Å²) in [4.78, 5) is 5.13. The molecule has 0 spiro atoms. The third kappa shape index (κ3) is 9.93. The molecular formula is C84H73N5OSi+2. The van der Waals surface area contributed by atoms with Crippen molar-refractivity contribution in [2.24, 2.45) is 0 Å². The fourth-order valence-corrected chi connectivity index (χ4v) is 18.6. The van der Waals surface area contributed by atoms with Gasteiger partial charge < -0.3 is 9.30 Å². The van der Waals surface area contributed by atoms with Crippen molar-refractivity contribution in [3.8, 4) is 34.1 Å². The molecule has 14 aromatic rings. The molecule has 0 atom stereocenters. The lowest BCUT2D eigenvalue weighted by Crippen LogP contribution is -2.74. The largest absolute Gasteiger partial charge is 0.503 e. The number of aromatic nitrogens is 3. The van der Waals surface area contributed by atoms with Crippen LogP contribution < -0.4 is 34.6 Å². The zero-order valence-electron chi connectivity index (χ0n) is 53.2. The Kier molecular flexibility index (Phi) is 13.8. The molecule has 15 rings (SSSR count). The molecule has 4 heterocycles. The van der Waals surface area contributed by atoms with Crippen LogP contribution in [0.3, 0.4) is 0 Å². The topological polar surface area (TPSA) is 38.0 Å². The van der Waals surface area contributed by atoms with Crippen LogP contribution in [-0.2, 0) is 16.2 Å². The highest BCUT2D eigenvalue weighted by Gasteiger charge is 2.43. The number of hydrogen-bond donors (Lipinski definition) is 0. The van der Waals surface area contributed by atoms with E-state index in [4.69, 9.17) is 9.72 Å². The SMILES string of the molecule is CC(C)(C)c1cc([N+]2=C=[N+](c3cccc(Oc4ccc5c6cc([Si](c7ccccc7)(c7ccccc7)c7ccccc7)ccc6n(-c6cc(C(C)(C)C)ccn6)c5c4)c3)c3cccc(-c4cccc(-n5c6ccccc6c6ccccc65)c4)c32)cc(C(C)(C)C)c1. The van der Waals surface area contributed by atoms with Gasteiger partial charge in [-0.3, -0.25) is 4.57 Å². The Balaban J connectivity index is 0.883. The van der Waals surface area contributed by atoms with E-state index in [1.54, 1.807) is 0 Å². The summed E-state index contributed by atoms with van der Waals surface area (Å²) in [6.45, 7) is 20.6. The maximum absolute atomic E-state index is 7.11. The third-order valence-corrected chi connectivity index (χ3v) is 23.3. The van der Waals surface area contributed by atoms with Crippen molar-refractivity contribution >= 4 is 101 Å². The van der Waals surface area contributed by atoms with Crippen molar-refractivity contribution in [3.05, 3.63) is 296 Å². The van der Waals surface area contributed by atoms with Crippen LogP contribution >= 0.6 is 0 Å². The lowest BCUT2D eigenvalue weighted by Gasteiger charge is -2.34. The summed E-state index contributed by atoms with van der Waals surface area (Å²) in [5.74, 6) is 2.29. The summed E-state index contributed by atoms with van der Waals surface area (Å²) in [5.41, 5.74) is 15.3. The second kappa shape index (κ2) is 22.0. The first-order valence-electron chi connectivity index (χ1n) is 31.8. The highest BCUT2D eigenvalue weighted by Crippen LogP contribution is 2.46. The van der Waals surface area contributed by atoms with Crippen molar-refractivity contribution in [2.45, 2.75) is 78.6 Å². The van der Waals surface area contributed by atoms with Crippen LogP contribution in [0.1, 0.15) is 79.0 Å². The minimum absolute atomic E-state index is 0.0935. The average molecular weight is 1200 g/mol. The van der Waals surface area contributed by atoms with Crippen molar-refractivity contribution in [2.75, 3.05) is 0 Å². The molecule has 0 fully saturated rings. The maximum atomic E-state index is 7.11. The van der Waals surface area contributed by atoms with Gasteiger partial charge in [-0.15, -0.1) is 0 Å². The van der Waals surface area contributed by atoms with Crippen molar-refractivity contribution in [3.63, 3.8) is 0 Å². The number of fused-ring (bicyclic) bond motifs is 7. The number of ether oxygens (including phenoxy) is 1. The number of nitrogens with zero attached hydrogens (tertiary/aromatic N) is 5. The molecule has 6 nitrogen and oxygen atoms in total. The second-order valence-corrected chi connectivity index (χ2v) is 31.3. The van der Waals surface area contributed by atoms with Gasteiger partial charge in [0.25, 0.3) is 5.69 Å². The smallest absolute Gasteiger partial charge is 0.457 e. The molecule has 0 saturated carbocycles. The van der Waals surface area contributed by atoms with Crippen molar-refractivity contribution in [1.29, 1.82) is 0 Å². The summed E-state index contributed by atoms with van der Waals surface area (Å²) in [6, 6.07) is 104. The fourth-order valence-electron chi connectivity index (χ4n) is 13.8. The molecule has 11 aromatic carbocycles. The summed E-state index contributed by atoms with van der Waals surface area (Å²) in [7, 11) is -2.87. The van der Waals surface area contributed by atoms with Gasteiger partial charge in [-0.2, -0.15) is 0 Å². The molecule has 0 unspecified atom stereocenters. The zero-order chi connectivity index (χ0) is 62.4. The minimum Gasteiger partial charge on any atom is -0.457 e. The summed E-state index contributed by atoms with van der Waals surface area (Å²) in [5, 5.41) is 10.1. The summed E-state index contributed by atoms with van der Waals surface area (Å²) >= 11 is 0. The molecule has 442 valence electrons. The summed E-state index contributed by atoms with van der Waals surface area (Å²) < 4.78 is 16.4. The predicted molar refractivity (Wildman–Crippen MR) is 385 cm³/mol. The van der Waals surface area contributed by atoms with Gasteiger partial charge in [0.05, 0.1) is 33.7 Å². The molecule has 0 N–H and O–H groups in total. The number of benzene rings is 11. The normalized spacial score (nSPS) is 12.8. The van der Waals surface area contributed by atoms with Gasteiger partial charge in [0.2, 0.25) is 11.4 Å². The lowest BCUT2D eigenvalue weighted by atomic mass is 9.80. The van der Waals surface area contributed by atoms with Crippen LogP contribution in [0.15, 0.2) is 279 Å². The van der Waals surface area contributed by atoms with E-state index < -0.39 is 8.07 Å². The highest BCUT2D eigenvalue weighted by molar-refractivity contribution is 7.20. The first-order chi connectivity index (χ1) is 44.0. The maximum Gasteiger partial charge on any atom is 0.503 e. The van der Waals surface area contributed by atoms with E-state index in [1.165, 1.54) is 59.2 Å². The molecule has 1 aliphatic heterocycles. The van der Waals surface area contributed by atoms with Crippen LogP contribution in [0, 0.1) is 0 Å². The number of rotatable bonds is 11. The monoisotopic (exact) mass is 1200 g/mol. The molecule has 0 bridgehead atoms. The number of para-hydroxylation sites is 3. The van der Waals surface area contributed by atoms with Crippen molar-refractivity contribution < 1.29 is 4.74 Å². The van der Waals surface area contributed by atoms with Crippen LogP contribution in [0.2, 0.25) is 0 Å². The Labute approximate surface area is 534 Å². The Hall–Kier alpha value is -10.4. The first-order valence-corrected chi connectivity index (χ1v) is 33.8. The van der Waals surface area contributed by atoms with Gasteiger partial charge in [0, 0.05) is 63.8 Å². The molecule has 0 aliphatic carbocycles. The van der Waals surface area contributed by atoms with Gasteiger partial charge in [-0.1, -0.05) is 232 Å². The Bertz CT molecular complexity index is 5060. The van der Waals surface area contributed by atoms with E-state index in [0.717, 1.165) is 72.9 Å². The van der Waals surface area contributed by atoms with E-state index in [0.29, 0.717) is 5.75 Å². The van der Waals surface area contributed by atoms with Gasteiger partial charge in [-0.05, 0) is 135 Å². The molecule has 0 amide bonds. The molecule has 3 aromatic heterocycles. The minimum atomic E-state index is -2.87. The number of hydrogen-bond acceptors (Lipinski definition) is 2. The number of pyridine rings is 1. The molecule has 0 saturated heterocycles. The Morgan fingerprint density at radius 1 is 0.374 bits per heavy atom. The molecule has 1 aliphatic rings. The van der Waals surface area contributed by atoms with E-state index in [9.17, 15) is 0 Å². The van der Waals surface area contributed by atoms with Crippen molar-refractivity contribution in [1.82, 2.24) is 23.3 Å². The summed E-state index contributed by atoms with van der Waals surface area (Å²) in [6.07, 6.45) is 1.95. The first kappa shape index (κ1) is 57.0. The quantitative estimate of drug-likeness (QED) is 0.0735.